The number of benzene rings is 3. The third-order valence-corrected chi connectivity index (χ3v) is 13.5. The molecule has 10 rings (SSSR count). The predicted molar refractivity (Wildman–Crippen MR) is 185 cm³/mol. The van der Waals surface area contributed by atoms with Gasteiger partial charge in [0.2, 0.25) is 6.79 Å². The van der Waals surface area contributed by atoms with Crippen molar-refractivity contribution < 1.29 is 48.9 Å². The number of esters is 1. The molecule has 1 spiro atoms. The number of carbonyl (C=O) groups is 1. The fourth-order valence-corrected chi connectivity index (χ4v) is 11.4. The Morgan fingerprint density at radius 2 is 1.76 bits per heavy atom. The molecule has 5 N–H and O–H groups in total. The summed E-state index contributed by atoms with van der Waals surface area (Å²) in [4.78, 5) is 18.7. The van der Waals surface area contributed by atoms with Crippen molar-refractivity contribution >= 4 is 17.7 Å². The molecule has 14 heteroatoms. The van der Waals surface area contributed by atoms with E-state index in [0.717, 1.165) is 16.7 Å². The minimum absolute atomic E-state index is 0.00972. The van der Waals surface area contributed by atoms with Crippen LogP contribution in [0.4, 0.5) is 0 Å². The maximum Gasteiger partial charge on any atom is 0.331 e. The molecule has 4 bridgehead atoms. The van der Waals surface area contributed by atoms with Crippen LogP contribution in [0.1, 0.15) is 61.8 Å². The van der Waals surface area contributed by atoms with Crippen LogP contribution in [0.5, 0.6) is 40.2 Å². The second kappa shape index (κ2) is 11.5. The Kier molecular flexibility index (Phi) is 7.37. The van der Waals surface area contributed by atoms with Gasteiger partial charge in [-0.25, -0.2) is 4.79 Å². The van der Waals surface area contributed by atoms with E-state index in [1.807, 2.05) is 24.9 Å². The lowest BCUT2D eigenvalue weighted by atomic mass is 9.73. The highest BCUT2D eigenvalue weighted by Gasteiger charge is 2.61. The number of aromatic hydroxyl groups is 3. The van der Waals surface area contributed by atoms with Crippen molar-refractivity contribution in [1.82, 2.24) is 15.1 Å². The highest BCUT2D eigenvalue weighted by Crippen LogP contribution is 2.64. The Labute approximate surface area is 299 Å². The number of phenolic OH excluding ortho intramolecular Hbond substituents is 3. The summed E-state index contributed by atoms with van der Waals surface area (Å²) < 4.78 is 29.5. The molecular weight excluding hydrogens is 678 g/mol. The second-order valence-corrected chi connectivity index (χ2v) is 15.5. The third-order valence-electron chi connectivity index (χ3n) is 12.0. The molecule has 0 saturated carbocycles. The van der Waals surface area contributed by atoms with E-state index in [0.29, 0.717) is 64.5 Å². The van der Waals surface area contributed by atoms with Gasteiger partial charge in [0.25, 0.3) is 0 Å². The maximum absolute atomic E-state index is 14.6. The van der Waals surface area contributed by atoms with E-state index in [1.54, 1.807) is 26.2 Å². The number of aliphatic hydroxyl groups is 1. The van der Waals surface area contributed by atoms with Crippen molar-refractivity contribution in [2.75, 3.05) is 47.0 Å². The molecule has 0 radical (unpaired) electrons. The highest BCUT2D eigenvalue weighted by atomic mass is 32.2. The van der Waals surface area contributed by atoms with E-state index in [1.165, 1.54) is 18.9 Å². The van der Waals surface area contributed by atoms with E-state index in [2.05, 4.69) is 10.2 Å². The van der Waals surface area contributed by atoms with E-state index >= 15 is 0 Å². The molecule has 0 aliphatic carbocycles. The number of hydrogen-bond donors (Lipinski definition) is 5. The summed E-state index contributed by atoms with van der Waals surface area (Å²) in [6.45, 7) is 3.96. The quantitative estimate of drug-likeness (QED) is 0.246. The molecule has 0 aromatic heterocycles. The zero-order chi connectivity index (χ0) is 35.7. The molecule has 7 aliphatic rings. The van der Waals surface area contributed by atoms with Crippen LogP contribution in [-0.2, 0) is 27.9 Å². The molecule has 0 amide bonds. The Bertz CT molecular complexity index is 2010. The lowest BCUT2D eigenvalue weighted by Crippen LogP contribution is -2.70. The number of nitrogens with one attached hydrogen (secondary N) is 1. The SMILES string of the molecule is COc1cc2c(cc1O)CCN[C@]21CS[C@@H]2c3c(O)c(C)c4c(c3[C@H](COC1=O)N1C2C2c3c(cc(C)c(OC)c3O)C[C@@H]([C@@H]1O)N2C)OCO4. The van der Waals surface area contributed by atoms with Crippen molar-refractivity contribution in [3.8, 4) is 40.2 Å². The molecule has 270 valence electrons. The van der Waals surface area contributed by atoms with Gasteiger partial charge in [-0.3, -0.25) is 15.1 Å². The number of aryl methyl sites for hydroxylation is 1. The van der Waals surface area contributed by atoms with Gasteiger partial charge in [-0.1, -0.05) is 6.07 Å². The molecule has 51 heavy (non-hydrogen) atoms. The zero-order valence-corrected chi connectivity index (χ0v) is 29.8. The average Bonchev–Trinajstić information content (AvgIpc) is 3.60. The number of likely N-dealkylation sites (N-methyl/N-ethyl adjacent to an activating group) is 1. The average molecular weight is 720 g/mol. The van der Waals surface area contributed by atoms with Crippen LogP contribution in [0.3, 0.4) is 0 Å². The number of methoxy groups -OCH3 is 2. The summed E-state index contributed by atoms with van der Waals surface area (Å²) in [6, 6.07) is 3.30. The van der Waals surface area contributed by atoms with Gasteiger partial charge in [0.1, 0.15) is 18.6 Å². The molecule has 2 fully saturated rings. The van der Waals surface area contributed by atoms with Gasteiger partial charge in [0.05, 0.1) is 37.6 Å². The van der Waals surface area contributed by atoms with Crippen molar-refractivity contribution in [2.45, 2.75) is 67.9 Å². The number of aliphatic hydroxyl groups excluding tert-OH is 1. The fraction of sp³-hybridized carbons (Fsp3) is 0.486. The largest absolute Gasteiger partial charge is 0.507 e. The van der Waals surface area contributed by atoms with Gasteiger partial charge in [-0.05, 0) is 68.1 Å². The van der Waals surface area contributed by atoms with Gasteiger partial charge in [-0.15, -0.1) is 11.8 Å². The fourth-order valence-electron chi connectivity index (χ4n) is 9.74. The highest BCUT2D eigenvalue weighted by molar-refractivity contribution is 7.99. The summed E-state index contributed by atoms with van der Waals surface area (Å²) in [5, 5.41) is 50.1. The molecular formula is C37H41N3O10S. The molecule has 2 saturated heterocycles. The summed E-state index contributed by atoms with van der Waals surface area (Å²) in [7, 11) is 4.97. The summed E-state index contributed by atoms with van der Waals surface area (Å²) in [5.41, 5.74) is 4.38. The van der Waals surface area contributed by atoms with Crippen LogP contribution in [0.25, 0.3) is 0 Å². The van der Waals surface area contributed by atoms with Gasteiger partial charge in [0.15, 0.2) is 40.0 Å². The number of rotatable bonds is 2. The van der Waals surface area contributed by atoms with Crippen molar-refractivity contribution in [1.29, 1.82) is 0 Å². The van der Waals surface area contributed by atoms with Crippen molar-refractivity contribution in [3.63, 3.8) is 0 Å². The Morgan fingerprint density at radius 1 is 0.980 bits per heavy atom. The second-order valence-electron chi connectivity index (χ2n) is 14.4. The Hall–Kier alpha value is -4.08. The summed E-state index contributed by atoms with van der Waals surface area (Å²) in [5.74, 6) is 1.32. The first-order chi connectivity index (χ1) is 24.5. The first kappa shape index (κ1) is 32.8. The standard InChI is InChI=1S/C37H41N3O10S/c1-15-8-18-9-20-35(44)40-21-12-48-36(45)37(19-11-23(46-4)22(41)10-17(19)6-7-38-37)13-51-34(26-25(21)33-32(49-14-50-33)16(2)29(26)42)28(40)27(39(20)3)24(18)30(43)31(15)47-5/h8,10-11,20-21,27-28,34-35,38,41-44H,6-7,9,12-14H2,1-5H3/t20-,21-,27?,28?,34+,35-,37+/m0/s1. The van der Waals surface area contributed by atoms with Crippen LogP contribution >= 0.6 is 11.8 Å². The topological polar surface area (TPSA) is 163 Å². The molecule has 7 atom stereocenters. The number of phenols is 3. The molecule has 7 aliphatic heterocycles. The number of thioether (sulfide) groups is 1. The monoisotopic (exact) mass is 719 g/mol. The number of carbonyl (C=O) groups excluding carboxylic acids is 1. The zero-order valence-electron chi connectivity index (χ0n) is 29.0. The number of hydrogen-bond acceptors (Lipinski definition) is 14. The van der Waals surface area contributed by atoms with E-state index < -0.39 is 41.1 Å². The van der Waals surface area contributed by atoms with Crippen LogP contribution in [0.2, 0.25) is 0 Å². The van der Waals surface area contributed by atoms with Crippen LogP contribution in [-0.4, -0.2) is 101 Å². The van der Waals surface area contributed by atoms with Gasteiger partial charge >= 0.3 is 5.97 Å². The van der Waals surface area contributed by atoms with E-state index in [4.69, 9.17) is 23.7 Å². The normalized spacial score (nSPS) is 30.6. The number of nitrogens with zero attached hydrogens (tertiary/aromatic N) is 2. The number of piperazine rings is 1. The van der Waals surface area contributed by atoms with Crippen LogP contribution < -0.4 is 24.3 Å². The molecule has 7 heterocycles. The van der Waals surface area contributed by atoms with Crippen molar-refractivity contribution in [2.24, 2.45) is 0 Å². The minimum atomic E-state index is -1.32. The van der Waals surface area contributed by atoms with Crippen LogP contribution in [0, 0.1) is 13.8 Å². The van der Waals surface area contributed by atoms with Gasteiger partial charge < -0.3 is 44.1 Å². The lowest BCUT2D eigenvalue weighted by Gasteiger charge is -2.62. The first-order valence-electron chi connectivity index (χ1n) is 17.2. The number of fused-ring (bicyclic) bond motifs is 9. The van der Waals surface area contributed by atoms with E-state index in [9.17, 15) is 25.2 Å². The molecule has 2 unspecified atom stereocenters. The summed E-state index contributed by atoms with van der Waals surface area (Å²) >= 11 is 1.47. The predicted octanol–water partition coefficient (Wildman–Crippen LogP) is 3.19. The minimum Gasteiger partial charge on any atom is -0.507 e. The maximum atomic E-state index is 14.6. The van der Waals surface area contributed by atoms with E-state index in [-0.39, 0.29) is 48.2 Å². The Morgan fingerprint density at radius 3 is 2.53 bits per heavy atom. The molecule has 13 nitrogen and oxygen atoms in total. The lowest BCUT2D eigenvalue weighted by molar-refractivity contribution is -0.186. The summed E-state index contributed by atoms with van der Waals surface area (Å²) in [6.07, 6.45) is 0.0426. The smallest absolute Gasteiger partial charge is 0.331 e. The third kappa shape index (κ3) is 4.28. The van der Waals surface area contributed by atoms with Crippen molar-refractivity contribution in [3.05, 3.63) is 62.7 Å². The Balaban J connectivity index is 1.29. The van der Waals surface area contributed by atoms with Gasteiger partial charge in [0, 0.05) is 40.6 Å². The van der Waals surface area contributed by atoms with Crippen LogP contribution in [0.15, 0.2) is 18.2 Å². The first-order valence-corrected chi connectivity index (χ1v) is 18.2. The molecule has 3 aromatic rings. The molecule has 3 aromatic carbocycles. The van der Waals surface area contributed by atoms with Gasteiger partial charge in [-0.2, -0.15) is 0 Å². The number of ether oxygens (including phenoxy) is 5.